The molecule has 0 rings (SSSR count). The van der Waals surface area contributed by atoms with Crippen molar-refractivity contribution >= 4 is 15.8 Å². The Hall–Kier alpha value is -0.790. The molecule has 4 nitrogen and oxygen atoms in total. The normalized spacial score (nSPS) is 15.6. The molecule has 0 aliphatic heterocycles. The van der Waals surface area contributed by atoms with Crippen molar-refractivity contribution in [3.05, 3.63) is 0 Å². The first-order chi connectivity index (χ1) is 7.27. The van der Waals surface area contributed by atoms with Gasteiger partial charge in [0, 0.05) is 0 Å². The topological polar surface area (TPSA) is 71.4 Å². The van der Waals surface area contributed by atoms with Crippen molar-refractivity contribution in [3.8, 4) is 0 Å². The molecule has 17 heavy (non-hydrogen) atoms. The van der Waals surface area contributed by atoms with E-state index in [2.05, 4.69) is 0 Å². The maximum absolute atomic E-state index is 11.9. The summed E-state index contributed by atoms with van der Waals surface area (Å²) in [7, 11) is -4.33. The summed E-state index contributed by atoms with van der Waals surface area (Å²) in [5.41, 5.74) is -1.16. The summed E-state index contributed by atoms with van der Waals surface area (Å²) in [5.74, 6) is -2.83. The minimum atomic E-state index is -4.62. The number of alkyl halides is 3. The monoisotopic (exact) mass is 276 g/mol. The quantitative estimate of drug-likeness (QED) is 0.850. The fraction of sp³-hybridized carbons (Fsp3) is 0.889. The highest BCUT2D eigenvalue weighted by molar-refractivity contribution is 7.92. The Morgan fingerprint density at radius 2 is 1.65 bits per heavy atom. The fourth-order valence-corrected chi connectivity index (χ4v) is 3.57. The van der Waals surface area contributed by atoms with Crippen molar-refractivity contribution in [1.82, 2.24) is 0 Å². The first-order valence-electron chi connectivity index (χ1n) is 4.78. The summed E-state index contributed by atoms with van der Waals surface area (Å²) in [4.78, 5) is 10.9. The summed E-state index contributed by atoms with van der Waals surface area (Å²) in [6, 6.07) is 0. The Balaban J connectivity index is 5.08. The minimum Gasteiger partial charge on any atom is -0.480 e. The molecule has 0 bridgehead atoms. The summed E-state index contributed by atoms with van der Waals surface area (Å²) in [6.45, 7) is 4.07. The third-order valence-electron chi connectivity index (χ3n) is 2.04. The summed E-state index contributed by atoms with van der Waals surface area (Å²) in [5, 5.41) is 6.98. The van der Waals surface area contributed by atoms with Gasteiger partial charge in [-0.05, 0) is 5.41 Å². The van der Waals surface area contributed by atoms with E-state index in [9.17, 15) is 26.4 Å². The number of aliphatic carboxylic acids is 1. The Morgan fingerprint density at radius 1 is 1.24 bits per heavy atom. The van der Waals surface area contributed by atoms with E-state index in [1.807, 2.05) is 0 Å². The molecule has 0 fully saturated rings. The van der Waals surface area contributed by atoms with Crippen LogP contribution < -0.4 is 0 Å². The van der Waals surface area contributed by atoms with Crippen LogP contribution in [0.2, 0.25) is 0 Å². The lowest BCUT2D eigenvalue weighted by atomic mass is 9.92. The fourth-order valence-electron chi connectivity index (χ4n) is 1.44. The molecule has 0 heterocycles. The predicted octanol–water partition coefficient (Wildman–Crippen LogP) is 1.85. The lowest BCUT2D eigenvalue weighted by Crippen LogP contribution is -2.43. The van der Waals surface area contributed by atoms with Crippen LogP contribution in [0.15, 0.2) is 0 Å². The zero-order valence-corrected chi connectivity index (χ0v) is 10.5. The zero-order chi connectivity index (χ0) is 14.1. The van der Waals surface area contributed by atoms with Gasteiger partial charge in [0.2, 0.25) is 0 Å². The molecule has 1 atom stereocenters. The predicted molar refractivity (Wildman–Crippen MR) is 55.3 cm³/mol. The van der Waals surface area contributed by atoms with Crippen molar-refractivity contribution in [2.24, 2.45) is 5.41 Å². The number of halogens is 3. The van der Waals surface area contributed by atoms with E-state index in [4.69, 9.17) is 5.11 Å². The smallest absolute Gasteiger partial charge is 0.390 e. The van der Waals surface area contributed by atoms with Gasteiger partial charge in [0.1, 0.15) is 0 Å². The molecule has 0 aliphatic carbocycles. The molecule has 0 aliphatic rings. The first kappa shape index (κ1) is 16.2. The second kappa shape index (κ2) is 4.83. The Labute approximate surface area is 97.7 Å². The second-order valence-corrected chi connectivity index (χ2v) is 7.02. The molecular formula is C9H15F3O4S. The molecule has 0 aromatic carbocycles. The van der Waals surface area contributed by atoms with Crippen LogP contribution in [0, 0.1) is 5.41 Å². The Kier molecular flexibility index (Phi) is 4.61. The van der Waals surface area contributed by atoms with Gasteiger partial charge in [0.05, 0.1) is 12.2 Å². The van der Waals surface area contributed by atoms with E-state index in [0.717, 1.165) is 0 Å². The van der Waals surface area contributed by atoms with Gasteiger partial charge in [0.15, 0.2) is 15.1 Å². The maximum Gasteiger partial charge on any atom is 0.390 e. The van der Waals surface area contributed by atoms with Crippen LogP contribution in [0.1, 0.15) is 27.2 Å². The lowest BCUT2D eigenvalue weighted by molar-refractivity contribution is -0.139. The van der Waals surface area contributed by atoms with Gasteiger partial charge in [-0.15, -0.1) is 0 Å². The van der Waals surface area contributed by atoms with Crippen LogP contribution in [0.25, 0.3) is 0 Å². The van der Waals surface area contributed by atoms with Crippen molar-refractivity contribution in [3.63, 3.8) is 0 Å². The van der Waals surface area contributed by atoms with Crippen molar-refractivity contribution < 1.29 is 31.5 Å². The van der Waals surface area contributed by atoms with Gasteiger partial charge in [-0.1, -0.05) is 20.8 Å². The van der Waals surface area contributed by atoms with Crippen LogP contribution in [0.5, 0.6) is 0 Å². The Bertz CT molecular complexity index is 378. The third-order valence-corrected chi connectivity index (χ3v) is 4.44. The molecule has 0 aromatic rings. The molecule has 1 N–H and O–H groups in total. The van der Waals surface area contributed by atoms with Crippen LogP contribution in [0.4, 0.5) is 13.2 Å². The molecule has 0 aromatic heterocycles. The van der Waals surface area contributed by atoms with Crippen LogP contribution >= 0.6 is 0 Å². The maximum atomic E-state index is 11.9. The average Bonchev–Trinajstić information content (AvgIpc) is 1.94. The first-order valence-corrected chi connectivity index (χ1v) is 6.50. The molecular weight excluding hydrogens is 261 g/mol. The number of sulfone groups is 1. The number of rotatable bonds is 4. The van der Waals surface area contributed by atoms with E-state index in [1.54, 1.807) is 0 Å². The van der Waals surface area contributed by atoms with E-state index in [1.165, 1.54) is 20.8 Å². The summed E-state index contributed by atoms with van der Waals surface area (Å²) < 4.78 is 59.0. The average molecular weight is 276 g/mol. The molecule has 102 valence electrons. The second-order valence-electron chi connectivity index (χ2n) is 4.82. The van der Waals surface area contributed by atoms with Gasteiger partial charge in [-0.25, -0.2) is 8.42 Å². The highest BCUT2D eigenvalue weighted by Crippen LogP contribution is 2.29. The van der Waals surface area contributed by atoms with Crippen molar-refractivity contribution in [1.29, 1.82) is 0 Å². The molecule has 0 saturated heterocycles. The number of hydrogen-bond acceptors (Lipinski definition) is 3. The van der Waals surface area contributed by atoms with Crippen molar-refractivity contribution in [2.75, 3.05) is 5.75 Å². The van der Waals surface area contributed by atoms with Crippen LogP contribution in [-0.4, -0.2) is 36.7 Å². The molecule has 0 amide bonds. The SMILES string of the molecule is CC(C)(C)C(C(=O)O)S(=O)(=O)CCC(F)(F)F. The van der Waals surface area contributed by atoms with E-state index in [0.29, 0.717) is 0 Å². The van der Waals surface area contributed by atoms with Gasteiger partial charge in [0.25, 0.3) is 0 Å². The van der Waals surface area contributed by atoms with E-state index >= 15 is 0 Å². The molecule has 0 saturated carbocycles. The van der Waals surface area contributed by atoms with Crippen LogP contribution in [0.3, 0.4) is 0 Å². The van der Waals surface area contributed by atoms with Crippen molar-refractivity contribution in [2.45, 2.75) is 38.6 Å². The van der Waals surface area contributed by atoms with Crippen LogP contribution in [-0.2, 0) is 14.6 Å². The Morgan fingerprint density at radius 3 is 1.88 bits per heavy atom. The minimum absolute atomic E-state index is 1.16. The molecule has 8 heteroatoms. The highest BCUT2D eigenvalue weighted by atomic mass is 32.2. The van der Waals surface area contributed by atoms with Gasteiger partial charge in [-0.3, -0.25) is 4.79 Å². The highest BCUT2D eigenvalue weighted by Gasteiger charge is 2.43. The van der Waals surface area contributed by atoms with Gasteiger partial charge < -0.3 is 5.11 Å². The third kappa shape index (κ3) is 5.38. The standard InChI is InChI=1S/C9H15F3O4S/c1-8(2,3)6(7(13)14)17(15,16)5-4-9(10,11)12/h6H,4-5H2,1-3H3,(H,13,14). The van der Waals surface area contributed by atoms with Gasteiger partial charge >= 0.3 is 12.1 Å². The molecule has 0 spiro atoms. The number of carbonyl (C=O) groups is 1. The number of carboxylic acids is 1. The molecule has 0 radical (unpaired) electrons. The molecule has 1 unspecified atom stereocenters. The van der Waals surface area contributed by atoms with E-state index in [-0.39, 0.29) is 0 Å². The summed E-state index contributed by atoms with van der Waals surface area (Å²) in [6.07, 6.45) is -6.15. The number of carboxylic acid groups (broad SMARTS) is 1. The zero-order valence-electron chi connectivity index (χ0n) is 9.71. The largest absolute Gasteiger partial charge is 0.480 e. The lowest BCUT2D eigenvalue weighted by Gasteiger charge is -2.26. The van der Waals surface area contributed by atoms with Gasteiger partial charge in [-0.2, -0.15) is 13.2 Å². The number of hydrogen-bond donors (Lipinski definition) is 1. The van der Waals surface area contributed by atoms with E-state index < -0.39 is 44.8 Å². The summed E-state index contributed by atoms with van der Waals surface area (Å²) >= 11 is 0.